The molecule has 3 unspecified atom stereocenters. The number of aliphatic hydroxyl groups is 1. The third kappa shape index (κ3) is 2.13. The minimum atomic E-state index is -0.0697. The van der Waals surface area contributed by atoms with Gasteiger partial charge < -0.3 is 5.11 Å². The van der Waals surface area contributed by atoms with Gasteiger partial charge in [0.2, 0.25) is 0 Å². The maximum absolute atomic E-state index is 9.74. The molecule has 0 aromatic carbocycles. The molecule has 0 radical (unpaired) electrons. The molecule has 1 nitrogen and oxygen atoms in total. The van der Waals surface area contributed by atoms with Crippen LogP contribution in [0.1, 0.15) is 58.8 Å². The Kier molecular flexibility index (Phi) is 2.88. The topological polar surface area (TPSA) is 20.2 Å². The summed E-state index contributed by atoms with van der Waals surface area (Å²) in [6.07, 6.45) is 9.45. The second kappa shape index (κ2) is 3.84. The standard InChI is InChI=1S/C13H24O/c1-10-4-3-5-12(8-10)9-13(6-7-13)11(2)14/h10-12,14H,3-9H2,1-2H3. The fourth-order valence-corrected chi connectivity index (χ4v) is 3.27. The highest BCUT2D eigenvalue weighted by Gasteiger charge is 2.48. The van der Waals surface area contributed by atoms with E-state index in [2.05, 4.69) is 6.92 Å². The Balaban J connectivity index is 1.85. The first-order chi connectivity index (χ1) is 6.62. The molecule has 0 heterocycles. The molecule has 0 spiro atoms. The average molecular weight is 196 g/mol. The Morgan fingerprint density at radius 2 is 2.07 bits per heavy atom. The largest absolute Gasteiger partial charge is 0.393 e. The van der Waals surface area contributed by atoms with Gasteiger partial charge in [0.25, 0.3) is 0 Å². The second-order valence-electron chi connectivity index (χ2n) is 5.88. The molecule has 0 amide bonds. The van der Waals surface area contributed by atoms with Gasteiger partial charge in [-0.2, -0.15) is 0 Å². The Labute approximate surface area is 87.9 Å². The highest BCUT2D eigenvalue weighted by molar-refractivity contribution is 4.98. The van der Waals surface area contributed by atoms with Crippen LogP contribution < -0.4 is 0 Å². The van der Waals surface area contributed by atoms with Crippen molar-refractivity contribution in [1.29, 1.82) is 0 Å². The van der Waals surface area contributed by atoms with Crippen LogP contribution in [0.4, 0.5) is 0 Å². The molecule has 2 aliphatic carbocycles. The van der Waals surface area contributed by atoms with Crippen molar-refractivity contribution >= 4 is 0 Å². The highest BCUT2D eigenvalue weighted by Crippen LogP contribution is 2.55. The molecule has 2 rings (SSSR count). The Morgan fingerprint density at radius 3 is 2.57 bits per heavy atom. The van der Waals surface area contributed by atoms with E-state index in [4.69, 9.17) is 0 Å². The fraction of sp³-hybridized carbons (Fsp3) is 1.00. The summed E-state index contributed by atoms with van der Waals surface area (Å²) < 4.78 is 0. The molecule has 0 aromatic rings. The summed E-state index contributed by atoms with van der Waals surface area (Å²) in [4.78, 5) is 0. The van der Waals surface area contributed by atoms with Gasteiger partial charge >= 0.3 is 0 Å². The molecule has 0 saturated heterocycles. The second-order valence-corrected chi connectivity index (χ2v) is 5.88. The molecule has 1 heteroatoms. The fourth-order valence-electron chi connectivity index (χ4n) is 3.27. The van der Waals surface area contributed by atoms with Gasteiger partial charge in [-0.3, -0.25) is 0 Å². The molecule has 3 atom stereocenters. The third-order valence-corrected chi connectivity index (χ3v) is 4.52. The van der Waals surface area contributed by atoms with Crippen molar-refractivity contribution in [2.24, 2.45) is 17.3 Å². The predicted octanol–water partition coefficient (Wildman–Crippen LogP) is 3.36. The van der Waals surface area contributed by atoms with Crippen molar-refractivity contribution in [2.75, 3.05) is 0 Å². The van der Waals surface area contributed by atoms with E-state index >= 15 is 0 Å². The van der Waals surface area contributed by atoms with Gasteiger partial charge in [-0.15, -0.1) is 0 Å². The van der Waals surface area contributed by atoms with Crippen LogP contribution in [0.2, 0.25) is 0 Å². The summed E-state index contributed by atoms with van der Waals surface area (Å²) in [6, 6.07) is 0. The van der Waals surface area contributed by atoms with Gasteiger partial charge in [0.1, 0.15) is 0 Å². The maximum atomic E-state index is 9.74. The summed E-state index contributed by atoms with van der Waals surface area (Å²) in [6.45, 7) is 4.37. The lowest BCUT2D eigenvalue weighted by Crippen LogP contribution is -2.24. The Hall–Kier alpha value is -0.0400. The first-order valence-corrected chi connectivity index (χ1v) is 6.30. The molecule has 0 aromatic heterocycles. The van der Waals surface area contributed by atoms with Crippen molar-refractivity contribution in [3.63, 3.8) is 0 Å². The zero-order chi connectivity index (χ0) is 10.2. The van der Waals surface area contributed by atoms with Gasteiger partial charge in [-0.25, -0.2) is 0 Å². The van der Waals surface area contributed by atoms with Gasteiger partial charge in [-0.1, -0.05) is 26.2 Å². The zero-order valence-electron chi connectivity index (χ0n) is 9.63. The highest BCUT2D eigenvalue weighted by atomic mass is 16.3. The Bertz CT molecular complexity index is 193. The number of hydrogen-bond acceptors (Lipinski definition) is 1. The predicted molar refractivity (Wildman–Crippen MR) is 59.1 cm³/mol. The van der Waals surface area contributed by atoms with Crippen molar-refractivity contribution in [2.45, 2.75) is 64.9 Å². The van der Waals surface area contributed by atoms with Crippen LogP contribution in [0.5, 0.6) is 0 Å². The van der Waals surface area contributed by atoms with Crippen molar-refractivity contribution in [3.05, 3.63) is 0 Å². The molecule has 1 N–H and O–H groups in total. The van der Waals surface area contributed by atoms with Crippen molar-refractivity contribution < 1.29 is 5.11 Å². The summed E-state index contributed by atoms with van der Waals surface area (Å²) in [7, 11) is 0. The third-order valence-electron chi connectivity index (χ3n) is 4.52. The van der Waals surface area contributed by atoms with Gasteiger partial charge in [0, 0.05) is 0 Å². The summed E-state index contributed by atoms with van der Waals surface area (Å²) in [5.74, 6) is 1.84. The van der Waals surface area contributed by atoms with E-state index in [9.17, 15) is 5.11 Å². The van der Waals surface area contributed by atoms with Crippen molar-refractivity contribution in [3.8, 4) is 0 Å². The van der Waals surface area contributed by atoms with Crippen LogP contribution in [0.3, 0.4) is 0 Å². The van der Waals surface area contributed by atoms with Gasteiger partial charge in [0.15, 0.2) is 0 Å². The van der Waals surface area contributed by atoms with E-state index in [1.54, 1.807) is 0 Å². The van der Waals surface area contributed by atoms with Crippen LogP contribution in [0.15, 0.2) is 0 Å². The van der Waals surface area contributed by atoms with E-state index in [0.717, 1.165) is 11.8 Å². The first-order valence-electron chi connectivity index (χ1n) is 6.30. The van der Waals surface area contributed by atoms with E-state index in [-0.39, 0.29) is 6.10 Å². The molecule has 2 aliphatic rings. The molecule has 2 fully saturated rings. The molecule has 82 valence electrons. The van der Waals surface area contributed by atoms with Crippen LogP contribution >= 0.6 is 0 Å². The van der Waals surface area contributed by atoms with E-state index in [1.807, 2.05) is 6.92 Å². The van der Waals surface area contributed by atoms with Gasteiger partial charge in [-0.05, 0) is 49.9 Å². The van der Waals surface area contributed by atoms with Crippen LogP contribution in [-0.2, 0) is 0 Å². The summed E-state index contributed by atoms with van der Waals surface area (Å²) in [5.41, 5.74) is 0.349. The zero-order valence-corrected chi connectivity index (χ0v) is 9.63. The van der Waals surface area contributed by atoms with Crippen LogP contribution in [-0.4, -0.2) is 11.2 Å². The summed E-state index contributed by atoms with van der Waals surface area (Å²) in [5, 5.41) is 9.74. The minimum absolute atomic E-state index is 0.0697. The number of rotatable bonds is 3. The minimum Gasteiger partial charge on any atom is -0.393 e. The molecular formula is C13H24O. The normalized spacial score (nSPS) is 37.9. The molecule has 0 bridgehead atoms. The van der Waals surface area contributed by atoms with Crippen LogP contribution in [0.25, 0.3) is 0 Å². The lowest BCUT2D eigenvalue weighted by atomic mass is 9.76. The maximum Gasteiger partial charge on any atom is 0.0568 e. The van der Waals surface area contributed by atoms with Gasteiger partial charge in [0.05, 0.1) is 6.10 Å². The van der Waals surface area contributed by atoms with E-state index in [0.29, 0.717) is 5.41 Å². The molecular weight excluding hydrogens is 172 g/mol. The first kappa shape index (κ1) is 10.5. The number of hydrogen-bond donors (Lipinski definition) is 1. The average Bonchev–Trinajstić information content (AvgIpc) is 2.85. The Morgan fingerprint density at radius 1 is 1.36 bits per heavy atom. The smallest absolute Gasteiger partial charge is 0.0568 e. The molecule has 0 aliphatic heterocycles. The quantitative estimate of drug-likeness (QED) is 0.734. The van der Waals surface area contributed by atoms with Crippen molar-refractivity contribution in [1.82, 2.24) is 0 Å². The van der Waals surface area contributed by atoms with E-state index < -0.39 is 0 Å². The molecule has 2 saturated carbocycles. The van der Waals surface area contributed by atoms with E-state index in [1.165, 1.54) is 44.9 Å². The molecule has 14 heavy (non-hydrogen) atoms. The number of aliphatic hydroxyl groups excluding tert-OH is 1. The summed E-state index contributed by atoms with van der Waals surface area (Å²) >= 11 is 0. The monoisotopic (exact) mass is 196 g/mol. The van der Waals surface area contributed by atoms with Crippen LogP contribution in [0, 0.1) is 17.3 Å². The lowest BCUT2D eigenvalue weighted by Gasteiger charge is -2.31. The lowest BCUT2D eigenvalue weighted by molar-refractivity contribution is 0.0821. The SMILES string of the molecule is CC1CCCC(CC2(C(C)O)CC2)C1.